The average Bonchev–Trinajstić information content (AvgIpc) is 3.33. The number of rotatable bonds is 6. The van der Waals surface area contributed by atoms with Crippen molar-refractivity contribution >= 4 is 44.2 Å². The van der Waals surface area contributed by atoms with Crippen LogP contribution in [0.5, 0.6) is 5.88 Å². The summed E-state index contributed by atoms with van der Waals surface area (Å²) in [4.78, 5) is 33.4. The quantitative estimate of drug-likeness (QED) is 0.538. The van der Waals surface area contributed by atoms with E-state index in [0.29, 0.717) is 23.4 Å². The van der Waals surface area contributed by atoms with Gasteiger partial charge in [-0.1, -0.05) is 11.3 Å². The van der Waals surface area contributed by atoms with Gasteiger partial charge in [-0.25, -0.2) is 19.6 Å². The number of anilines is 2. The average molecular weight is 509 g/mol. The fourth-order valence-electron chi connectivity index (χ4n) is 3.16. The number of aryl methyl sites for hydroxylation is 1. The third kappa shape index (κ3) is 5.11. The van der Waals surface area contributed by atoms with Crippen molar-refractivity contribution in [1.82, 2.24) is 14.9 Å². The molecule has 1 aliphatic heterocycles. The van der Waals surface area contributed by atoms with Gasteiger partial charge >= 0.3 is 27.5 Å². The van der Waals surface area contributed by atoms with Crippen molar-refractivity contribution in [2.75, 3.05) is 23.7 Å². The van der Waals surface area contributed by atoms with E-state index in [4.69, 9.17) is 4.74 Å². The highest BCUT2D eigenvalue weighted by Gasteiger charge is 2.46. The van der Waals surface area contributed by atoms with Crippen molar-refractivity contribution in [1.29, 1.82) is 0 Å². The standard InChI is InChI=1S/C17H18F3N5O6S2/c1-8-12(32-15(22-8)23-16(28)25-5-3-4-11(25)14(26)27)9-6-10(13(31-2)21-7-9)24-33(29,30)17(18,19)20/h6-7,11,24H,3-5H2,1-2H3,(H,26,27)(H,22,23,28)/t11-/m0/s1. The number of urea groups is 1. The first kappa shape index (κ1) is 24.5. The van der Waals surface area contributed by atoms with Crippen molar-refractivity contribution in [2.24, 2.45) is 0 Å². The summed E-state index contributed by atoms with van der Waals surface area (Å²) < 4.78 is 67.6. The molecular formula is C17H18F3N5O6S2. The summed E-state index contributed by atoms with van der Waals surface area (Å²) in [6, 6.07) is -0.491. The van der Waals surface area contributed by atoms with E-state index in [1.807, 2.05) is 0 Å². The van der Waals surface area contributed by atoms with E-state index in [2.05, 4.69) is 15.3 Å². The molecule has 3 rings (SSSR count). The van der Waals surface area contributed by atoms with Gasteiger partial charge in [0.1, 0.15) is 11.7 Å². The highest BCUT2D eigenvalue weighted by Crippen LogP contribution is 2.37. The minimum atomic E-state index is -5.72. The van der Waals surface area contributed by atoms with Gasteiger partial charge < -0.3 is 14.7 Å². The van der Waals surface area contributed by atoms with Crippen LogP contribution in [0.3, 0.4) is 0 Å². The predicted molar refractivity (Wildman–Crippen MR) is 112 cm³/mol. The number of carboxylic acids is 1. The summed E-state index contributed by atoms with van der Waals surface area (Å²) in [7, 11) is -4.60. The molecule has 16 heteroatoms. The minimum Gasteiger partial charge on any atom is -0.480 e. The molecule has 1 fully saturated rings. The number of hydrogen-bond donors (Lipinski definition) is 3. The summed E-state index contributed by atoms with van der Waals surface area (Å²) in [6.07, 6.45) is 2.12. The van der Waals surface area contributed by atoms with Crippen molar-refractivity contribution in [3.05, 3.63) is 18.0 Å². The number of alkyl halides is 3. The highest BCUT2D eigenvalue weighted by atomic mass is 32.2. The number of methoxy groups -OCH3 is 1. The van der Waals surface area contributed by atoms with Crippen LogP contribution < -0.4 is 14.8 Å². The normalized spacial score (nSPS) is 16.5. The molecule has 0 bridgehead atoms. The zero-order chi connectivity index (χ0) is 24.6. The van der Waals surface area contributed by atoms with Crippen LogP contribution >= 0.6 is 11.3 Å². The van der Waals surface area contributed by atoms with Crippen LogP contribution in [0.15, 0.2) is 12.3 Å². The molecule has 1 atom stereocenters. The van der Waals surface area contributed by atoms with Crippen LogP contribution in [0.1, 0.15) is 18.5 Å². The van der Waals surface area contributed by atoms with Gasteiger partial charge in [-0.2, -0.15) is 21.6 Å². The lowest BCUT2D eigenvalue weighted by Crippen LogP contribution is -2.42. The summed E-state index contributed by atoms with van der Waals surface area (Å²) >= 11 is 0.958. The number of pyridine rings is 1. The van der Waals surface area contributed by atoms with E-state index in [1.54, 1.807) is 6.92 Å². The van der Waals surface area contributed by atoms with Crippen molar-refractivity contribution in [3.8, 4) is 16.3 Å². The van der Waals surface area contributed by atoms with E-state index in [0.717, 1.165) is 24.5 Å². The molecule has 1 saturated heterocycles. The fourth-order valence-corrected chi connectivity index (χ4v) is 4.65. The third-order valence-electron chi connectivity index (χ3n) is 4.66. The van der Waals surface area contributed by atoms with Crippen LogP contribution in [0.2, 0.25) is 0 Å². The molecule has 0 aliphatic carbocycles. The van der Waals surface area contributed by atoms with Gasteiger partial charge in [0.25, 0.3) is 0 Å². The number of aromatic nitrogens is 2. The molecule has 11 nitrogen and oxygen atoms in total. The number of nitrogens with zero attached hydrogens (tertiary/aromatic N) is 3. The van der Waals surface area contributed by atoms with E-state index >= 15 is 0 Å². The number of likely N-dealkylation sites (tertiary alicyclic amines) is 1. The number of ether oxygens (including phenoxy) is 1. The fraction of sp³-hybridized carbons (Fsp3) is 0.412. The van der Waals surface area contributed by atoms with Gasteiger partial charge in [0.15, 0.2) is 5.13 Å². The number of carboxylic acid groups (broad SMARTS) is 1. The molecule has 180 valence electrons. The Kier molecular flexibility index (Phi) is 6.69. The second kappa shape index (κ2) is 9.01. The topological polar surface area (TPSA) is 151 Å². The number of sulfonamides is 1. The molecule has 0 unspecified atom stereocenters. The van der Waals surface area contributed by atoms with Crippen LogP contribution in [-0.2, 0) is 14.8 Å². The zero-order valence-electron chi connectivity index (χ0n) is 17.1. The summed E-state index contributed by atoms with van der Waals surface area (Å²) in [5.74, 6) is -1.49. The van der Waals surface area contributed by atoms with E-state index in [9.17, 15) is 36.3 Å². The number of carbonyl (C=O) groups excluding carboxylic acids is 1. The van der Waals surface area contributed by atoms with Crippen molar-refractivity contribution in [3.63, 3.8) is 0 Å². The van der Waals surface area contributed by atoms with Crippen LogP contribution in [-0.4, -0.2) is 65.6 Å². The van der Waals surface area contributed by atoms with E-state index in [1.165, 1.54) is 15.8 Å². The number of aliphatic carboxylic acids is 1. The van der Waals surface area contributed by atoms with Gasteiger partial charge in [0.2, 0.25) is 5.88 Å². The molecule has 33 heavy (non-hydrogen) atoms. The molecule has 2 aromatic heterocycles. The first-order valence-corrected chi connectivity index (χ1v) is 11.6. The Bertz CT molecular complexity index is 1180. The second-order valence-electron chi connectivity index (χ2n) is 6.89. The van der Waals surface area contributed by atoms with Crippen molar-refractivity contribution in [2.45, 2.75) is 31.3 Å². The maximum absolute atomic E-state index is 12.8. The summed E-state index contributed by atoms with van der Waals surface area (Å²) in [5.41, 5.74) is -5.49. The Labute approximate surface area is 189 Å². The van der Waals surface area contributed by atoms with Gasteiger partial charge in [0.05, 0.1) is 17.7 Å². The van der Waals surface area contributed by atoms with Gasteiger partial charge in [0, 0.05) is 18.3 Å². The van der Waals surface area contributed by atoms with Crippen LogP contribution in [0.25, 0.3) is 10.4 Å². The van der Waals surface area contributed by atoms with Crippen molar-refractivity contribution < 1.29 is 41.0 Å². The number of nitrogens with one attached hydrogen (secondary N) is 2. The second-order valence-corrected chi connectivity index (χ2v) is 9.56. The molecule has 3 heterocycles. The Morgan fingerprint density at radius 3 is 2.67 bits per heavy atom. The Morgan fingerprint density at radius 1 is 1.36 bits per heavy atom. The first-order valence-electron chi connectivity index (χ1n) is 9.25. The first-order chi connectivity index (χ1) is 15.3. The minimum absolute atomic E-state index is 0.122. The van der Waals surface area contributed by atoms with Crippen LogP contribution in [0, 0.1) is 6.92 Å². The molecule has 0 aromatic carbocycles. The molecule has 1 aliphatic rings. The van der Waals surface area contributed by atoms with Gasteiger partial charge in [-0.05, 0) is 25.8 Å². The largest absolute Gasteiger partial charge is 0.516 e. The lowest BCUT2D eigenvalue weighted by molar-refractivity contribution is -0.141. The molecule has 2 aromatic rings. The number of carbonyl (C=O) groups is 2. The van der Waals surface area contributed by atoms with E-state index in [-0.39, 0.29) is 23.1 Å². The number of hydrogen-bond acceptors (Lipinski definition) is 8. The number of amides is 2. The van der Waals surface area contributed by atoms with E-state index < -0.39 is 39.3 Å². The molecule has 2 amide bonds. The molecular weight excluding hydrogens is 491 g/mol. The number of halogens is 3. The Morgan fingerprint density at radius 2 is 2.06 bits per heavy atom. The maximum atomic E-state index is 12.8. The Balaban J connectivity index is 1.87. The monoisotopic (exact) mass is 509 g/mol. The lowest BCUT2D eigenvalue weighted by atomic mass is 10.2. The highest BCUT2D eigenvalue weighted by molar-refractivity contribution is 7.93. The van der Waals surface area contributed by atoms with Crippen LogP contribution in [0.4, 0.5) is 28.8 Å². The molecule has 0 saturated carbocycles. The Hall–Kier alpha value is -3.14. The lowest BCUT2D eigenvalue weighted by Gasteiger charge is -2.20. The number of thiazole rings is 1. The molecule has 0 spiro atoms. The predicted octanol–water partition coefficient (Wildman–Crippen LogP) is 2.86. The smallest absolute Gasteiger partial charge is 0.480 e. The summed E-state index contributed by atoms with van der Waals surface area (Å²) in [5, 5.41) is 11.9. The summed E-state index contributed by atoms with van der Waals surface area (Å²) in [6.45, 7) is 1.84. The zero-order valence-corrected chi connectivity index (χ0v) is 18.8. The SMILES string of the molecule is COc1ncc(-c2sc(NC(=O)N3CCC[C@H]3C(=O)O)nc2C)cc1NS(=O)(=O)C(F)(F)F. The molecule has 0 radical (unpaired) electrons. The molecule has 3 N–H and O–H groups in total. The third-order valence-corrected chi connectivity index (χ3v) is 6.88. The van der Waals surface area contributed by atoms with Gasteiger partial charge in [-0.15, -0.1) is 0 Å². The maximum Gasteiger partial charge on any atom is 0.516 e. The van der Waals surface area contributed by atoms with Gasteiger partial charge in [-0.3, -0.25) is 10.0 Å².